The van der Waals surface area contributed by atoms with Crippen LogP contribution in [0.2, 0.25) is 0 Å². The van der Waals surface area contributed by atoms with Gasteiger partial charge in [0.25, 0.3) is 0 Å². The van der Waals surface area contributed by atoms with Crippen molar-refractivity contribution in [1.29, 1.82) is 0 Å². The molecule has 0 amide bonds. The Morgan fingerprint density at radius 2 is 2.21 bits per heavy atom. The summed E-state index contributed by atoms with van der Waals surface area (Å²) in [7, 11) is 0. The Hall–Kier alpha value is -1.47. The summed E-state index contributed by atoms with van der Waals surface area (Å²) >= 11 is 2.82. The molecule has 0 fully saturated rings. The maximum Gasteiger partial charge on any atom is 0.335 e. The molecule has 19 heavy (non-hydrogen) atoms. The molecule has 5 nitrogen and oxygen atoms in total. The molecule has 0 spiro atoms. The van der Waals surface area contributed by atoms with Crippen molar-refractivity contribution in [3.05, 3.63) is 28.4 Å². The quantitative estimate of drug-likeness (QED) is 0.913. The molecule has 0 saturated carbocycles. The summed E-state index contributed by atoms with van der Waals surface area (Å²) in [6.45, 7) is 3.92. The van der Waals surface area contributed by atoms with Crippen LogP contribution in [0, 0.1) is 6.92 Å². The van der Waals surface area contributed by atoms with E-state index in [1.54, 1.807) is 12.1 Å². The van der Waals surface area contributed by atoms with Crippen LogP contribution in [0.4, 0.5) is 0 Å². The highest BCUT2D eigenvalue weighted by atomic mass is 32.2. The molecule has 1 N–H and O–H groups in total. The highest BCUT2D eigenvalue weighted by Crippen LogP contribution is 2.29. The van der Waals surface area contributed by atoms with E-state index in [2.05, 4.69) is 15.2 Å². The lowest BCUT2D eigenvalue weighted by Crippen LogP contribution is -2.01. The van der Waals surface area contributed by atoms with Crippen molar-refractivity contribution in [1.82, 2.24) is 15.2 Å². The minimum Gasteiger partial charge on any atom is -0.478 e. The minimum absolute atomic E-state index is 0.266. The van der Waals surface area contributed by atoms with Gasteiger partial charge >= 0.3 is 5.97 Å². The number of nitrogens with zero attached hydrogens (tertiary/aromatic N) is 3. The summed E-state index contributed by atoms with van der Waals surface area (Å²) in [6.07, 6.45) is 1.70. The fourth-order valence-corrected chi connectivity index (χ4v) is 3.34. The number of pyridine rings is 1. The summed E-state index contributed by atoms with van der Waals surface area (Å²) < 4.78 is 0.773. The molecule has 0 aliphatic heterocycles. The maximum atomic E-state index is 11.1. The maximum absolute atomic E-state index is 11.1. The fraction of sp³-hybridized carbons (Fsp3) is 0.333. The molecule has 2 heterocycles. The van der Waals surface area contributed by atoms with E-state index < -0.39 is 5.97 Å². The Bertz CT molecular complexity index is 598. The van der Waals surface area contributed by atoms with Crippen LogP contribution in [-0.4, -0.2) is 26.3 Å². The van der Waals surface area contributed by atoms with Gasteiger partial charge in [0.1, 0.15) is 10.0 Å². The number of rotatable bonds is 5. The van der Waals surface area contributed by atoms with Gasteiger partial charge < -0.3 is 5.11 Å². The molecule has 0 unspecified atom stereocenters. The molecule has 0 aliphatic carbocycles. The van der Waals surface area contributed by atoms with Crippen LogP contribution in [0.25, 0.3) is 0 Å². The van der Waals surface area contributed by atoms with E-state index in [1.807, 2.05) is 13.8 Å². The number of carboxylic acid groups (broad SMARTS) is 1. The van der Waals surface area contributed by atoms with Crippen LogP contribution in [0.5, 0.6) is 0 Å². The molecule has 0 saturated heterocycles. The average molecular weight is 295 g/mol. The lowest BCUT2D eigenvalue weighted by molar-refractivity contribution is 0.0696. The molecule has 2 rings (SSSR count). The first-order valence-electron chi connectivity index (χ1n) is 5.80. The highest BCUT2D eigenvalue weighted by Gasteiger charge is 2.11. The van der Waals surface area contributed by atoms with E-state index in [9.17, 15) is 4.79 Å². The number of carboxylic acids is 1. The monoisotopic (exact) mass is 295 g/mol. The van der Waals surface area contributed by atoms with E-state index in [0.29, 0.717) is 5.03 Å². The third-order valence-corrected chi connectivity index (χ3v) is 4.12. The molecule has 7 heteroatoms. The average Bonchev–Trinajstić information content (AvgIpc) is 2.75. The topological polar surface area (TPSA) is 76.0 Å². The molecule has 0 aliphatic rings. The number of carbonyl (C=O) groups is 1. The van der Waals surface area contributed by atoms with E-state index in [-0.39, 0.29) is 5.56 Å². The number of aryl methyl sites for hydroxylation is 2. The van der Waals surface area contributed by atoms with Gasteiger partial charge in [0, 0.05) is 5.69 Å². The van der Waals surface area contributed by atoms with Gasteiger partial charge in [0.2, 0.25) is 0 Å². The van der Waals surface area contributed by atoms with E-state index in [0.717, 1.165) is 27.9 Å². The predicted octanol–water partition coefficient (Wildman–Crippen LogP) is 3.04. The Morgan fingerprint density at radius 3 is 2.79 bits per heavy atom. The summed E-state index contributed by atoms with van der Waals surface area (Å²) in [6, 6.07) is 3.20. The number of hydrogen-bond donors (Lipinski definition) is 1. The second kappa shape index (κ2) is 6.12. The molecule has 2 aromatic rings. The molecule has 2 aromatic heterocycles. The third kappa shape index (κ3) is 3.74. The van der Waals surface area contributed by atoms with Crippen molar-refractivity contribution < 1.29 is 9.90 Å². The van der Waals surface area contributed by atoms with Gasteiger partial charge in [-0.1, -0.05) is 24.7 Å². The lowest BCUT2D eigenvalue weighted by atomic mass is 10.2. The highest BCUT2D eigenvalue weighted by molar-refractivity contribution is 8.01. The zero-order chi connectivity index (χ0) is 13.8. The van der Waals surface area contributed by atoms with Gasteiger partial charge in [-0.3, -0.25) is 0 Å². The SMILES string of the molecule is CCCc1cc(C(=O)O)cc(Sc2nnc(C)s2)n1. The fourth-order valence-electron chi connectivity index (χ4n) is 1.53. The molecular weight excluding hydrogens is 282 g/mol. The normalized spacial score (nSPS) is 10.6. The first-order chi connectivity index (χ1) is 9.08. The van der Waals surface area contributed by atoms with E-state index >= 15 is 0 Å². The number of aromatic carboxylic acids is 1. The van der Waals surface area contributed by atoms with E-state index in [1.165, 1.54) is 23.1 Å². The van der Waals surface area contributed by atoms with Gasteiger partial charge in [-0.15, -0.1) is 10.2 Å². The van der Waals surface area contributed by atoms with Crippen LogP contribution in [0.15, 0.2) is 21.5 Å². The van der Waals surface area contributed by atoms with Gasteiger partial charge in [-0.25, -0.2) is 9.78 Å². The Labute approximate surface area is 119 Å². The van der Waals surface area contributed by atoms with Gasteiger partial charge in [-0.05, 0) is 37.2 Å². The molecule has 0 radical (unpaired) electrons. The second-order valence-corrected chi connectivity index (χ2v) is 6.38. The Kier molecular flexibility index (Phi) is 4.49. The van der Waals surface area contributed by atoms with Gasteiger partial charge in [-0.2, -0.15) is 0 Å². The molecule has 100 valence electrons. The number of aromatic nitrogens is 3. The molecular formula is C12H13N3O2S2. The summed E-state index contributed by atoms with van der Waals surface area (Å²) in [5.41, 5.74) is 1.06. The Morgan fingerprint density at radius 1 is 1.42 bits per heavy atom. The van der Waals surface area contributed by atoms with Crippen LogP contribution in [0.1, 0.15) is 34.4 Å². The van der Waals surface area contributed by atoms with Crippen LogP contribution < -0.4 is 0 Å². The largest absolute Gasteiger partial charge is 0.478 e. The predicted molar refractivity (Wildman–Crippen MR) is 74.0 cm³/mol. The smallest absolute Gasteiger partial charge is 0.335 e. The summed E-state index contributed by atoms with van der Waals surface area (Å²) in [5.74, 6) is -0.935. The van der Waals surface area contributed by atoms with Crippen LogP contribution >= 0.6 is 23.1 Å². The molecule has 0 bridgehead atoms. The summed E-state index contributed by atoms with van der Waals surface area (Å²) in [5, 5.41) is 18.6. The summed E-state index contributed by atoms with van der Waals surface area (Å²) in [4.78, 5) is 15.6. The number of hydrogen-bond acceptors (Lipinski definition) is 6. The Balaban J connectivity index is 2.30. The first kappa shape index (κ1) is 14.0. The van der Waals surface area contributed by atoms with Crippen molar-refractivity contribution in [2.24, 2.45) is 0 Å². The van der Waals surface area contributed by atoms with Crippen molar-refractivity contribution in [3.8, 4) is 0 Å². The lowest BCUT2D eigenvalue weighted by Gasteiger charge is -2.04. The van der Waals surface area contributed by atoms with Crippen molar-refractivity contribution in [3.63, 3.8) is 0 Å². The minimum atomic E-state index is -0.935. The van der Waals surface area contributed by atoms with E-state index in [4.69, 9.17) is 5.11 Å². The first-order valence-corrected chi connectivity index (χ1v) is 7.44. The third-order valence-electron chi connectivity index (χ3n) is 2.31. The standard InChI is InChI=1S/C12H13N3O2S2/c1-3-4-9-5-8(11(16)17)6-10(13-9)19-12-15-14-7(2)18-12/h5-6H,3-4H2,1-2H3,(H,16,17). The van der Waals surface area contributed by atoms with Crippen LogP contribution in [-0.2, 0) is 6.42 Å². The zero-order valence-electron chi connectivity index (χ0n) is 10.6. The van der Waals surface area contributed by atoms with Crippen molar-refractivity contribution >= 4 is 29.1 Å². The second-order valence-electron chi connectivity index (χ2n) is 3.93. The van der Waals surface area contributed by atoms with Gasteiger partial charge in [0.05, 0.1) is 5.56 Å². The van der Waals surface area contributed by atoms with Crippen molar-refractivity contribution in [2.45, 2.75) is 36.1 Å². The van der Waals surface area contributed by atoms with Crippen LogP contribution in [0.3, 0.4) is 0 Å². The zero-order valence-corrected chi connectivity index (χ0v) is 12.2. The van der Waals surface area contributed by atoms with Crippen molar-refractivity contribution in [2.75, 3.05) is 0 Å². The molecule has 0 aromatic carbocycles. The molecule has 0 atom stereocenters. The van der Waals surface area contributed by atoms with Gasteiger partial charge in [0.15, 0.2) is 4.34 Å².